The van der Waals surface area contributed by atoms with Gasteiger partial charge in [-0.3, -0.25) is 10.1 Å². The van der Waals surface area contributed by atoms with E-state index in [4.69, 9.17) is 5.73 Å². The predicted octanol–water partition coefficient (Wildman–Crippen LogP) is 3.22. The molecule has 0 radical (unpaired) electrons. The van der Waals surface area contributed by atoms with Crippen LogP contribution in [-0.4, -0.2) is 5.91 Å². The van der Waals surface area contributed by atoms with Crippen LogP contribution in [0.4, 0.5) is 0 Å². The molecule has 1 amide bonds. The summed E-state index contributed by atoms with van der Waals surface area (Å²) in [7, 11) is 0. The summed E-state index contributed by atoms with van der Waals surface area (Å²) in [5.74, 6) is -0.360. The molecule has 1 heterocycles. The lowest BCUT2D eigenvalue weighted by Gasteiger charge is -2.15. The summed E-state index contributed by atoms with van der Waals surface area (Å²) in [6.07, 6.45) is 0. The molecule has 106 valence electrons. The Labute approximate surface area is 127 Å². The third-order valence-electron chi connectivity index (χ3n) is 3.48. The maximum Gasteiger partial charge on any atom is 0.239 e. The largest absolute Gasteiger partial charge is 0.368 e. The molecule has 4 heteroatoms. The van der Waals surface area contributed by atoms with E-state index >= 15 is 0 Å². The molecule has 0 bridgehead atoms. The summed E-state index contributed by atoms with van der Waals surface area (Å²) < 4.78 is 1.25. The lowest BCUT2D eigenvalue weighted by molar-refractivity contribution is -0.120. The minimum Gasteiger partial charge on any atom is -0.368 e. The third kappa shape index (κ3) is 2.96. The topological polar surface area (TPSA) is 55.1 Å². The first-order chi connectivity index (χ1) is 10.3. The molecule has 0 unspecified atom stereocenters. The van der Waals surface area contributed by atoms with Gasteiger partial charge in [0.25, 0.3) is 0 Å². The van der Waals surface area contributed by atoms with E-state index < -0.39 is 6.04 Å². The van der Waals surface area contributed by atoms with Crippen LogP contribution in [0, 0.1) is 0 Å². The summed E-state index contributed by atoms with van der Waals surface area (Å²) in [5.41, 5.74) is 7.61. The average Bonchev–Trinajstić information content (AvgIpc) is 2.92. The summed E-state index contributed by atoms with van der Waals surface area (Å²) >= 11 is 1.71. The van der Waals surface area contributed by atoms with Crippen molar-refractivity contribution in [2.75, 3.05) is 0 Å². The monoisotopic (exact) mass is 296 g/mol. The molecule has 3 N–H and O–H groups in total. The van der Waals surface area contributed by atoms with E-state index in [-0.39, 0.29) is 5.91 Å². The van der Waals surface area contributed by atoms with Crippen molar-refractivity contribution in [1.29, 1.82) is 0 Å². The van der Waals surface area contributed by atoms with Crippen molar-refractivity contribution in [1.82, 2.24) is 5.32 Å². The average molecular weight is 296 g/mol. The highest BCUT2D eigenvalue weighted by atomic mass is 32.1. The van der Waals surface area contributed by atoms with Crippen molar-refractivity contribution in [3.05, 3.63) is 71.1 Å². The van der Waals surface area contributed by atoms with Crippen LogP contribution in [0.3, 0.4) is 0 Å². The van der Waals surface area contributed by atoms with E-state index in [1.54, 1.807) is 11.3 Å². The van der Waals surface area contributed by atoms with Gasteiger partial charge in [-0.15, -0.1) is 11.3 Å². The molecule has 3 aromatic rings. The Kier molecular flexibility index (Phi) is 3.99. The second-order valence-corrected chi connectivity index (χ2v) is 5.80. The molecule has 0 saturated heterocycles. The molecule has 3 rings (SSSR count). The number of nitrogens with one attached hydrogen (secondary N) is 1. The first-order valence-corrected chi connectivity index (χ1v) is 7.66. The fraction of sp³-hybridized carbons (Fsp3) is 0.118. The summed E-state index contributed by atoms with van der Waals surface area (Å²) in [5, 5.41) is 6.62. The first kappa shape index (κ1) is 13.8. The molecule has 0 aliphatic rings. The van der Waals surface area contributed by atoms with Crippen LogP contribution < -0.4 is 11.1 Å². The highest BCUT2D eigenvalue weighted by Gasteiger charge is 2.17. The Morgan fingerprint density at radius 1 is 1.10 bits per heavy atom. The molecule has 0 fully saturated rings. The smallest absolute Gasteiger partial charge is 0.239 e. The number of rotatable bonds is 5. The number of hydrogen-bond donors (Lipinski definition) is 2. The summed E-state index contributed by atoms with van der Waals surface area (Å²) in [6, 6.07) is 17.4. The minimum atomic E-state index is -0.468. The van der Waals surface area contributed by atoms with Gasteiger partial charge in [-0.25, -0.2) is 0 Å². The van der Waals surface area contributed by atoms with Gasteiger partial charge in [0.15, 0.2) is 0 Å². The van der Waals surface area contributed by atoms with Gasteiger partial charge in [-0.05, 0) is 28.0 Å². The van der Waals surface area contributed by atoms with Crippen LogP contribution in [0.5, 0.6) is 0 Å². The molecule has 0 aliphatic heterocycles. The van der Waals surface area contributed by atoms with E-state index in [2.05, 4.69) is 22.8 Å². The zero-order valence-corrected chi connectivity index (χ0v) is 12.3. The highest BCUT2D eigenvalue weighted by molar-refractivity contribution is 7.17. The Balaban J connectivity index is 1.80. The Morgan fingerprint density at radius 2 is 1.81 bits per heavy atom. The van der Waals surface area contributed by atoms with Crippen molar-refractivity contribution in [3.63, 3.8) is 0 Å². The SMILES string of the molecule is NC(=O)[C@H](NCc1csc2ccccc12)c1ccccc1. The molecule has 0 saturated carbocycles. The number of carbonyl (C=O) groups excluding carboxylic acids is 1. The second kappa shape index (κ2) is 6.08. The van der Waals surface area contributed by atoms with Gasteiger partial charge in [0.2, 0.25) is 5.91 Å². The first-order valence-electron chi connectivity index (χ1n) is 6.78. The number of fused-ring (bicyclic) bond motifs is 1. The van der Waals surface area contributed by atoms with Gasteiger partial charge in [0.05, 0.1) is 0 Å². The van der Waals surface area contributed by atoms with E-state index in [0.29, 0.717) is 6.54 Å². The molecule has 0 spiro atoms. The quantitative estimate of drug-likeness (QED) is 0.759. The Hall–Kier alpha value is -2.17. The molecule has 2 aromatic carbocycles. The molecule has 0 aliphatic carbocycles. The maximum absolute atomic E-state index is 11.7. The second-order valence-electron chi connectivity index (χ2n) is 4.88. The van der Waals surface area contributed by atoms with Crippen molar-refractivity contribution < 1.29 is 4.79 Å². The lowest BCUT2D eigenvalue weighted by atomic mass is 10.1. The number of thiophene rings is 1. The van der Waals surface area contributed by atoms with Gasteiger partial charge >= 0.3 is 0 Å². The van der Waals surface area contributed by atoms with Crippen molar-refractivity contribution in [2.24, 2.45) is 5.73 Å². The number of amides is 1. The number of carbonyl (C=O) groups is 1. The Morgan fingerprint density at radius 3 is 2.57 bits per heavy atom. The fourth-order valence-corrected chi connectivity index (χ4v) is 3.37. The van der Waals surface area contributed by atoms with Crippen LogP contribution in [0.1, 0.15) is 17.2 Å². The standard InChI is InChI=1S/C17H16N2OS/c18-17(20)16(12-6-2-1-3-7-12)19-10-13-11-21-15-9-5-4-8-14(13)15/h1-9,11,16,19H,10H2,(H2,18,20)/t16-/m1/s1. The fourth-order valence-electron chi connectivity index (χ4n) is 2.41. The highest BCUT2D eigenvalue weighted by Crippen LogP contribution is 2.26. The zero-order valence-electron chi connectivity index (χ0n) is 11.5. The molecular weight excluding hydrogens is 280 g/mol. The van der Waals surface area contributed by atoms with Crippen molar-refractivity contribution in [2.45, 2.75) is 12.6 Å². The van der Waals surface area contributed by atoms with E-state index in [0.717, 1.165) is 5.56 Å². The maximum atomic E-state index is 11.7. The van der Waals surface area contributed by atoms with Gasteiger partial charge in [0, 0.05) is 11.2 Å². The minimum absolute atomic E-state index is 0.360. The molecular formula is C17H16N2OS. The van der Waals surface area contributed by atoms with E-state index in [1.807, 2.05) is 42.5 Å². The number of nitrogens with two attached hydrogens (primary N) is 1. The number of hydrogen-bond acceptors (Lipinski definition) is 3. The third-order valence-corrected chi connectivity index (χ3v) is 4.49. The van der Waals surface area contributed by atoms with Crippen molar-refractivity contribution >= 4 is 27.3 Å². The molecule has 1 atom stereocenters. The van der Waals surface area contributed by atoms with Crippen LogP contribution in [0.2, 0.25) is 0 Å². The van der Waals surface area contributed by atoms with E-state index in [1.165, 1.54) is 15.6 Å². The van der Waals surface area contributed by atoms with Crippen LogP contribution in [0.15, 0.2) is 60.0 Å². The molecule has 21 heavy (non-hydrogen) atoms. The van der Waals surface area contributed by atoms with Gasteiger partial charge < -0.3 is 5.73 Å². The molecule has 1 aromatic heterocycles. The summed E-state index contributed by atoms with van der Waals surface area (Å²) in [6.45, 7) is 0.618. The van der Waals surface area contributed by atoms with Crippen LogP contribution >= 0.6 is 11.3 Å². The Bertz CT molecular complexity index is 752. The van der Waals surface area contributed by atoms with E-state index in [9.17, 15) is 4.79 Å². The van der Waals surface area contributed by atoms with Crippen molar-refractivity contribution in [3.8, 4) is 0 Å². The molecule has 3 nitrogen and oxygen atoms in total. The van der Waals surface area contributed by atoms with Gasteiger partial charge in [0.1, 0.15) is 6.04 Å². The predicted molar refractivity (Wildman–Crippen MR) is 87.0 cm³/mol. The normalized spacial score (nSPS) is 12.4. The summed E-state index contributed by atoms with van der Waals surface area (Å²) in [4.78, 5) is 11.7. The van der Waals surface area contributed by atoms with Crippen LogP contribution in [-0.2, 0) is 11.3 Å². The number of primary amides is 1. The van der Waals surface area contributed by atoms with Gasteiger partial charge in [-0.1, -0.05) is 48.5 Å². The van der Waals surface area contributed by atoms with Crippen LogP contribution in [0.25, 0.3) is 10.1 Å². The lowest BCUT2D eigenvalue weighted by Crippen LogP contribution is -2.33. The number of benzene rings is 2. The van der Waals surface area contributed by atoms with Gasteiger partial charge in [-0.2, -0.15) is 0 Å². The zero-order chi connectivity index (χ0) is 14.7.